The van der Waals surface area contributed by atoms with Gasteiger partial charge in [0, 0.05) is 19.8 Å². The van der Waals surface area contributed by atoms with E-state index in [-0.39, 0.29) is 11.9 Å². The van der Waals surface area contributed by atoms with Crippen molar-refractivity contribution in [3.63, 3.8) is 0 Å². The molecule has 1 N–H and O–H groups in total. The Kier molecular flexibility index (Phi) is 4.46. The number of pyridine rings is 1. The van der Waals surface area contributed by atoms with E-state index in [0.29, 0.717) is 22.7 Å². The molecule has 0 aliphatic carbocycles. The molecule has 0 spiro atoms. The molecule has 4 heterocycles. The van der Waals surface area contributed by atoms with Gasteiger partial charge >= 0.3 is 0 Å². The van der Waals surface area contributed by atoms with Gasteiger partial charge in [0.25, 0.3) is 5.91 Å². The second kappa shape index (κ2) is 6.95. The molecule has 0 aromatic carbocycles. The van der Waals surface area contributed by atoms with Crippen LogP contribution in [0.3, 0.4) is 0 Å². The predicted molar refractivity (Wildman–Crippen MR) is 105 cm³/mol. The molecular weight excluding hydrogens is 356 g/mol. The quantitative estimate of drug-likeness (QED) is 0.576. The fourth-order valence-electron chi connectivity index (χ4n) is 3.31. The maximum atomic E-state index is 13.2. The summed E-state index contributed by atoms with van der Waals surface area (Å²) in [5.74, 6) is 0.402. The van der Waals surface area contributed by atoms with Gasteiger partial charge in [0.2, 0.25) is 0 Å². The fourth-order valence-corrected chi connectivity index (χ4v) is 3.31. The van der Waals surface area contributed by atoms with Gasteiger partial charge in [-0.05, 0) is 45.0 Å². The van der Waals surface area contributed by atoms with E-state index in [4.69, 9.17) is 4.42 Å². The van der Waals surface area contributed by atoms with E-state index in [0.717, 1.165) is 23.3 Å². The normalized spacial score (nSPS) is 12.4. The highest BCUT2D eigenvalue weighted by molar-refractivity contribution is 6.07. The van der Waals surface area contributed by atoms with Crippen LogP contribution < -0.4 is 5.32 Å². The minimum atomic E-state index is -0.229. The molecule has 4 rings (SSSR count). The number of nitrogens with zero attached hydrogens (tertiary/aromatic N) is 5. The first-order chi connectivity index (χ1) is 13.5. The maximum absolute atomic E-state index is 13.2. The predicted octanol–water partition coefficient (Wildman–Crippen LogP) is 3.24. The summed E-state index contributed by atoms with van der Waals surface area (Å²) in [7, 11) is 1.82. The third-order valence-corrected chi connectivity index (χ3v) is 4.76. The van der Waals surface area contributed by atoms with E-state index in [1.165, 1.54) is 0 Å². The van der Waals surface area contributed by atoms with Crippen molar-refractivity contribution >= 4 is 16.9 Å². The number of furan rings is 1. The van der Waals surface area contributed by atoms with Crippen molar-refractivity contribution < 1.29 is 9.21 Å². The summed E-state index contributed by atoms with van der Waals surface area (Å²) < 4.78 is 9.00. The summed E-state index contributed by atoms with van der Waals surface area (Å²) in [5, 5.41) is 12.7. The molecule has 28 heavy (non-hydrogen) atoms. The highest BCUT2D eigenvalue weighted by Crippen LogP contribution is 2.27. The van der Waals surface area contributed by atoms with Gasteiger partial charge in [0.05, 0.1) is 34.6 Å². The van der Waals surface area contributed by atoms with Crippen LogP contribution in [0, 0.1) is 6.92 Å². The Morgan fingerprint density at radius 3 is 2.82 bits per heavy atom. The molecule has 0 aliphatic rings. The lowest BCUT2D eigenvalue weighted by Gasteiger charge is -2.13. The van der Waals surface area contributed by atoms with Gasteiger partial charge in [0.1, 0.15) is 5.69 Å². The molecule has 0 radical (unpaired) electrons. The average molecular weight is 378 g/mol. The van der Waals surface area contributed by atoms with Crippen molar-refractivity contribution in [2.24, 2.45) is 7.05 Å². The number of hydrogen-bond donors (Lipinski definition) is 1. The van der Waals surface area contributed by atoms with E-state index >= 15 is 0 Å². The van der Waals surface area contributed by atoms with Crippen LogP contribution >= 0.6 is 0 Å². The number of carbonyl (C=O) groups excluding carboxylic acids is 1. The molecule has 0 saturated heterocycles. The highest BCUT2D eigenvalue weighted by atomic mass is 16.3. The Morgan fingerprint density at radius 1 is 1.32 bits per heavy atom. The number of amides is 1. The van der Waals surface area contributed by atoms with Crippen LogP contribution in [0.2, 0.25) is 0 Å². The van der Waals surface area contributed by atoms with Crippen molar-refractivity contribution in [2.45, 2.75) is 33.4 Å². The third-order valence-electron chi connectivity index (χ3n) is 4.76. The van der Waals surface area contributed by atoms with Crippen LogP contribution in [0.1, 0.15) is 41.6 Å². The van der Waals surface area contributed by atoms with Crippen LogP contribution in [0.4, 0.5) is 0 Å². The third kappa shape index (κ3) is 3.06. The number of hydrogen-bond acceptors (Lipinski definition) is 5. The molecule has 0 bridgehead atoms. The molecule has 0 fully saturated rings. The largest absolute Gasteiger partial charge is 0.463 e. The smallest absolute Gasteiger partial charge is 0.252 e. The lowest BCUT2D eigenvalue weighted by molar-refractivity contribution is 0.0940. The van der Waals surface area contributed by atoms with E-state index in [2.05, 4.69) is 20.5 Å². The van der Waals surface area contributed by atoms with Crippen molar-refractivity contribution in [3.8, 4) is 11.5 Å². The highest BCUT2D eigenvalue weighted by Gasteiger charge is 2.22. The van der Waals surface area contributed by atoms with Gasteiger partial charge in [-0.15, -0.1) is 0 Å². The summed E-state index contributed by atoms with van der Waals surface area (Å²) in [6.45, 7) is 6.60. The van der Waals surface area contributed by atoms with E-state index in [9.17, 15) is 4.79 Å². The second-order valence-corrected chi connectivity index (χ2v) is 6.73. The minimum Gasteiger partial charge on any atom is -0.463 e. The number of rotatable bonds is 5. The number of carbonyl (C=O) groups is 1. The Bertz CT molecular complexity index is 1140. The lowest BCUT2D eigenvalue weighted by atomic mass is 10.1. The van der Waals surface area contributed by atoms with Crippen LogP contribution in [0.15, 0.2) is 41.1 Å². The molecule has 8 heteroatoms. The Balaban J connectivity index is 1.74. The summed E-state index contributed by atoms with van der Waals surface area (Å²) in [6, 6.07) is 7.05. The maximum Gasteiger partial charge on any atom is 0.252 e. The lowest BCUT2D eigenvalue weighted by Crippen LogP contribution is -2.27. The molecule has 4 aromatic rings. The second-order valence-electron chi connectivity index (χ2n) is 6.73. The molecule has 8 nitrogen and oxygen atoms in total. The number of aryl methyl sites for hydroxylation is 3. The first-order valence-electron chi connectivity index (χ1n) is 9.20. The van der Waals surface area contributed by atoms with Gasteiger partial charge in [0.15, 0.2) is 11.4 Å². The van der Waals surface area contributed by atoms with Gasteiger partial charge in [-0.25, -0.2) is 4.98 Å². The first-order valence-corrected chi connectivity index (χ1v) is 9.20. The Hall–Kier alpha value is -3.42. The van der Waals surface area contributed by atoms with E-state index in [1.807, 2.05) is 50.8 Å². The summed E-state index contributed by atoms with van der Waals surface area (Å²) in [4.78, 5) is 17.8. The zero-order valence-corrected chi connectivity index (χ0v) is 16.3. The number of nitrogens with one attached hydrogen (secondary N) is 1. The van der Waals surface area contributed by atoms with Gasteiger partial charge in [-0.3, -0.25) is 14.2 Å². The van der Waals surface area contributed by atoms with Crippen molar-refractivity contribution in [1.29, 1.82) is 0 Å². The molecule has 1 amide bonds. The Labute approximate surface area is 162 Å². The molecular formula is C20H22N6O2. The Morgan fingerprint density at radius 2 is 2.14 bits per heavy atom. The van der Waals surface area contributed by atoms with Crippen LogP contribution in [0.5, 0.6) is 0 Å². The van der Waals surface area contributed by atoms with Gasteiger partial charge < -0.3 is 9.73 Å². The molecule has 0 unspecified atom stereocenters. The monoisotopic (exact) mass is 378 g/mol. The van der Waals surface area contributed by atoms with Crippen molar-refractivity contribution in [2.75, 3.05) is 0 Å². The SMILES string of the molecule is CCn1ccc([C@@H](C)NC(=O)c2cc(-c3ccco3)nc3c2c(C)nn3C)n1. The molecule has 0 aliphatic heterocycles. The number of aromatic nitrogens is 5. The zero-order chi connectivity index (χ0) is 19.8. The average Bonchev–Trinajstić information content (AvgIpc) is 3.42. The number of fused-ring (bicyclic) bond motifs is 1. The molecule has 0 saturated carbocycles. The van der Waals surface area contributed by atoms with Crippen molar-refractivity contribution in [3.05, 3.63) is 53.7 Å². The van der Waals surface area contributed by atoms with Crippen molar-refractivity contribution in [1.82, 2.24) is 29.9 Å². The molecule has 144 valence electrons. The summed E-state index contributed by atoms with van der Waals surface area (Å²) in [6.07, 6.45) is 3.49. The topological polar surface area (TPSA) is 90.8 Å². The van der Waals surface area contributed by atoms with Crippen LogP contribution in [0.25, 0.3) is 22.5 Å². The molecule has 1 atom stereocenters. The summed E-state index contributed by atoms with van der Waals surface area (Å²) in [5.41, 5.74) is 3.32. The van der Waals surface area contributed by atoms with E-state index < -0.39 is 0 Å². The van der Waals surface area contributed by atoms with E-state index in [1.54, 1.807) is 23.1 Å². The first kappa shape index (κ1) is 18.0. The van der Waals surface area contributed by atoms with Gasteiger partial charge in [-0.1, -0.05) is 0 Å². The standard InChI is InChI=1S/C20H22N6O2/c1-5-26-9-8-15(24-26)12(2)21-20(27)14-11-16(17-7-6-10-28-17)22-19-18(14)13(3)23-25(19)4/h6-12H,5H2,1-4H3,(H,21,27)/t12-/m1/s1. The fraction of sp³-hybridized carbons (Fsp3) is 0.300. The van der Waals surface area contributed by atoms with Crippen LogP contribution in [-0.2, 0) is 13.6 Å². The zero-order valence-electron chi connectivity index (χ0n) is 16.3. The van der Waals surface area contributed by atoms with Crippen LogP contribution in [-0.4, -0.2) is 30.5 Å². The summed E-state index contributed by atoms with van der Waals surface area (Å²) >= 11 is 0. The molecule has 4 aromatic heterocycles. The minimum absolute atomic E-state index is 0.199. The van der Waals surface area contributed by atoms with Gasteiger partial charge in [-0.2, -0.15) is 10.2 Å².